The fraction of sp³-hybridized carbons (Fsp3) is 0.143. The number of amides is 2. The zero-order chi connectivity index (χ0) is 20.1. The Hall–Kier alpha value is -3.94. The molecule has 3 heterocycles. The molecule has 0 fully saturated rings. The van der Waals surface area contributed by atoms with Gasteiger partial charge in [0.15, 0.2) is 11.5 Å². The van der Waals surface area contributed by atoms with E-state index in [9.17, 15) is 9.59 Å². The summed E-state index contributed by atoms with van der Waals surface area (Å²) in [6.45, 7) is 1.32. The van der Waals surface area contributed by atoms with Gasteiger partial charge in [0.25, 0.3) is 11.8 Å². The summed E-state index contributed by atoms with van der Waals surface area (Å²) in [6, 6.07) is 10.3. The van der Waals surface area contributed by atoms with Crippen molar-refractivity contribution in [1.82, 2.24) is 15.3 Å². The lowest BCUT2D eigenvalue weighted by molar-refractivity contribution is 0.0950. The quantitative estimate of drug-likeness (QED) is 0.694. The van der Waals surface area contributed by atoms with E-state index in [1.54, 1.807) is 30.6 Å². The van der Waals surface area contributed by atoms with E-state index in [0.717, 1.165) is 5.56 Å². The van der Waals surface area contributed by atoms with E-state index >= 15 is 0 Å². The van der Waals surface area contributed by atoms with Crippen molar-refractivity contribution in [2.24, 2.45) is 0 Å². The van der Waals surface area contributed by atoms with Crippen LogP contribution in [0.3, 0.4) is 0 Å². The predicted octanol–water partition coefficient (Wildman–Crippen LogP) is 2.43. The van der Waals surface area contributed by atoms with Crippen molar-refractivity contribution in [2.75, 3.05) is 18.5 Å². The fourth-order valence-corrected chi connectivity index (χ4v) is 2.80. The number of nitrogens with one attached hydrogen (secondary N) is 2. The van der Waals surface area contributed by atoms with Crippen molar-refractivity contribution in [3.05, 3.63) is 77.9 Å². The summed E-state index contributed by atoms with van der Waals surface area (Å²) in [7, 11) is 0. The van der Waals surface area contributed by atoms with Crippen LogP contribution in [0.15, 0.2) is 61.2 Å². The molecule has 2 N–H and O–H groups in total. The van der Waals surface area contributed by atoms with Crippen molar-refractivity contribution in [3.63, 3.8) is 0 Å². The first-order chi connectivity index (χ1) is 14.2. The van der Waals surface area contributed by atoms with Crippen LogP contribution in [0.25, 0.3) is 0 Å². The minimum Gasteiger partial charge on any atom is -0.486 e. The van der Waals surface area contributed by atoms with Crippen molar-refractivity contribution >= 4 is 17.5 Å². The average molecular weight is 390 g/mol. The van der Waals surface area contributed by atoms with Crippen molar-refractivity contribution in [1.29, 1.82) is 0 Å². The third-order valence-corrected chi connectivity index (χ3v) is 4.27. The molecule has 0 aliphatic carbocycles. The highest BCUT2D eigenvalue weighted by molar-refractivity contribution is 6.06. The molecule has 3 aromatic rings. The minimum atomic E-state index is -0.377. The van der Waals surface area contributed by atoms with E-state index in [2.05, 4.69) is 20.6 Å². The van der Waals surface area contributed by atoms with Crippen LogP contribution in [-0.2, 0) is 6.54 Å². The number of ether oxygens (including phenoxy) is 2. The van der Waals surface area contributed by atoms with Crippen molar-refractivity contribution < 1.29 is 19.1 Å². The van der Waals surface area contributed by atoms with E-state index < -0.39 is 0 Å². The number of rotatable bonds is 5. The summed E-state index contributed by atoms with van der Waals surface area (Å²) in [5.74, 6) is 0.529. The number of aromatic nitrogens is 2. The Morgan fingerprint density at radius 2 is 1.59 bits per heavy atom. The predicted molar refractivity (Wildman–Crippen MR) is 105 cm³/mol. The van der Waals surface area contributed by atoms with Crippen LogP contribution in [0, 0.1) is 0 Å². The Labute approximate surface area is 166 Å². The van der Waals surface area contributed by atoms with Crippen molar-refractivity contribution in [2.45, 2.75) is 6.54 Å². The summed E-state index contributed by atoms with van der Waals surface area (Å²) < 4.78 is 11.0. The number of hydrogen-bond acceptors (Lipinski definition) is 6. The van der Waals surface area contributed by atoms with Crippen LogP contribution in [0.1, 0.15) is 26.3 Å². The number of anilines is 1. The van der Waals surface area contributed by atoms with Crippen LogP contribution in [0.4, 0.5) is 5.69 Å². The first kappa shape index (κ1) is 18.4. The number of carbonyl (C=O) groups is 2. The summed E-state index contributed by atoms with van der Waals surface area (Å²) in [5.41, 5.74) is 2.06. The summed E-state index contributed by atoms with van der Waals surface area (Å²) in [4.78, 5) is 32.9. The minimum absolute atomic E-state index is 0.274. The van der Waals surface area contributed by atoms with Gasteiger partial charge < -0.3 is 20.1 Å². The second kappa shape index (κ2) is 8.39. The van der Waals surface area contributed by atoms with Gasteiger partial charge in [-0.3, -0.25) is 19.6 Å². The van der Waals surface area contributed by atoms with Crippen LogP contribution >= 0.6 is 0 Å². The molecule has 8 nitrogen and oxygen atoms in total. The molecule has 0 unspecified atom stereocenters. The van der Waals surface area contributed by atoms with Crippen LogP contribution in [-0.4, -0.2) is 35.0 Å². The molecule has 0 saturated heterocycles. The third kappa shape index (κ3) is 4.49. The Kier molecular flexibility index (Phi) is 5.33. The lowest BCUT2D eigenvalue weighted by Crippen LogP contribution is -2.23. The number of pyridine rings is 2. The first-order valence-electron chi connectivity index (χ1n) is 9.02. The molecule has 29 heavy (non-hydrogen) atoms. The van der Waals surface area contributed by atoms with Gasteiger partial charge in [0.05, 0.1) is 11.1 Å². The summed E-state index contributed by atoms with van der Waals surface area (Å²) in [6.07, 6.45) is 6.15. The smallest absolute Gasteiger partial charge is 0.257 e. The zero-order valence-corrected chi connectivity index (χ0v) is 15.4. The van der Waals surface area contributed by atoms with Gasteiger partial charge in [-0.25, -0.2) is 0 Å². The number of carbonyl (C=O) groups excluding carboxylic acids is 2. The Bertz CT molecular complexity index is 1040. The SMILES string of the molecule is O=C(NCc1ccncc1)c1cncc(C(=O)Nc2ccc3c(c2)OCCO3)c1. The fourth-order valence-electron chi connectivity index (χ4n) is 2.80. The Morgan fingerprint density at radius 3 is 2.38 bits per heavy atom. The molecule has 146 valence electrons. The molecule has 1 aliphatic rings. The highest BCUT2D eigenvalue weighted by atomic mass is 16.6. The van der Waals surface area contributed by atoms with Gasteiger partial charge >= 0.3 is 0 Å². The standard InChI is InChI=1S/C21H18N4O4/c26-20(24-11-14-3-5-22-6-4-14)15-9-16(13-23-12-15)21(27)25-17-1-2-18-19(10-17)29-8-7-28-18/h1-6,9-10,12-13H,7-8,11H2,(H,24,26)(H,25,27). The molecule has 0 atom stereocenters. The van der Waals surface area contributed by atoms with E-state index in [-0.39, 0.29) is 17.4 Å². The molecular weight excluding hydrogens is 372 g/mol. The zero-order valence-electron chi connectivity index (χ0n) is 15.4. The van der Waals surface area contributed by atoms with E-state index in [0.29, 0.717) is 42.5 Å². The molecule has 0 saturated carbocycles. The maximum Gasteiger partial charge on any atom is 0.257 e. The lowest BCUT2D eigenvalue weighted by Gasteiger charge is -2.19. The van der Waals surface area contributed by atoms with Gasteiger partial charge in [0.2, 0.25) is 0 Å². The second-order valence-corrected chi connectivity index (χ2v) is 6.31. The van der Waals surface area contributed by atoms with Gasteiger partial charge in [0, 0.05) is 43.1 Å². The number of hydrogen-bond donors (Lipinski definition) is 2. The van der Waals surface area contributed by atoms with Crippen LogP contribution in [0.2, 0.25) is 0 Å². The monoisotopic (exact) mass is 390 g/mol. The highest BCUT2D eigenvalue weighted by Gasteiger charge is 2.15. The Morgan fingerprint density at radius 1 is 0.862 bits per heavy atom. The number of benzene rings is 1. The van der Waals surface area contributed by atoms with Gasteiger partial charge in [-0.2, -0.15) is 0 Å². The van der Waals surface area contributed by atoms with Gasteiger partial charge in [-0.15, -0.1) is 0 Å². The molecular formula is C21H18N4O4. The molecule has 2 amide bonds. The van der Waals surface area contributed by atoms with E-state index in [4.69, 9.17) is 9.47 Å². The van der Waals surface area contributed by atoms with E-state index in [1.165, 1.54) is 18.5 Å². The normalized spacial score (nSPS) is 12.1. The Balaban J connectivity index is 1.42. The molecule has 0 radical (unpaired) electrons. The summed E-state index contributed by atoms with van der Waals surface area (Å²) in [5, 5.41) is 5.58. The maximum atomic E-state index is 12.6. The van der Waals surface area contributed by atoms with Gasteiger partial charge in [0.1, 0.15) is 13.2 Å². The molecule has 0 spiro atoms. The average Bonchev–Trinajstić information content (AvgIpc) is 2.78. The van der Waals surface area contributed by atoms with Gasteiger partial charge in [-0.05, 0) is 35.9 Å². The van der Waals surface area contributed by atoms with E-state index in [1.807, 2.05) is 12.1 Å². The van der Waals surface area contributed by atoms with Crippen molar-refractivity contribution in [3.8, 4) is 11.5 Å². The number of nitrogens with zero attached hydrogens (tertiary/aromatic N) is 2. The molecule has 8 heteroatoms. The summed E-state index contributed by atoms with van der Waals surface area (Å²) >= 11 is 0. The largest absolute Gasteiger partial charge is 0.486 e. The second-order valence-electron chi connectivity index (χ2n) is 6.31. The number of fused-ring (bicyclic) bond motifs is 1. The topological polar surface area (TPSA) is 102 Å². The maximum absolute atomic E-state index is 12.6. The molecule has 1 aliphatic heterocycles. The molecule has 1 aromatic carbocycles. The lowest BCUT2D eigenvalue weighted by atomic mass is 10.1. The molecule has 2 aromatic heterocycles. The third-order valence-electron chi connectivity index (χ3n) is 4.27. The highest BCUT2D eigenvalue weighted by Crippen LogP contribution is 2.32. The molecule has 4 rings (SSSR count). The van der Waals surface area contributed by atoms with Crippen LogP contribution in [0.5, 0.6) is 11.5 Å². The molecule has 0 bridgehead atoms. The van der Waals surface area contributed by atoms with Crippen LogP contribution < -0.4 is 20.1 Å². The van der Waals surface area contributed by atoms with Gasteiger partial charge in [-0.1, -0.05) is 0 Å². The first-order valence-corrected chi connectivity index (χ1v) is 9.02.